The van der Waals surface area contributed by atoms with Gasteiger partial charge in [0.2, 0.25) is 5.91 Å². The number of carbonyl (C=O) groups excluding carboxylic acids is 1. The van der Waals surface area contributed by atoms with Crippen LogP contribution in [0.3, 0.4) is 0 Å². The molecule has 0 saturated heterocycles. The van der Waals surface area contributed by atoms with Gasteiger partial charge in [0, 0.05) is 24.6 Å². The highest BCUT2D eigenvalue weighted by atomic mass is 16.5. The Morgan fingerprint density at radius 2 is 2.26 bits per heavy atom. The van der Waals surface area contributed by atoms with E-state index in [1.54, 1.807) is 30.5 Å². The molecule has 0 aliphatic rings. The first kappa shape index (κ1) is 13.0. The fraction of sp³-hybridized carbons (Fsp3) is 0.214. The van der Waals surface area contributed by atoms with E-state index in [1.807, 2.05) is 6.07 Å². The first-order valence-electron chi connectivity index (χ1n) is 5.95. The number of carbonyl (C=O) groups is 1. The highest BCUT2D eigenvalue weighted by Gasteiger charge is 2.08. The van der Waals surface area contributed by atoms with Crippen LogP contribution in [-0.2, 0) is 11.2 Å². The van der Waals surface area contributed by atoms with Gasteiger partial charge in [0.05, 0.1) is 19.1 Å². The number of ether oxygens (including phenoxy) is 1. The molecule has 100 valence electrons. The molecule has 1 heterocycles. The van der Waals surface area contributed by atoms with Crippen LogP contribution in [-0.4, -0.2) is 13.0 Å². The Morgan fingerprint density at radius 3 is 2.95 bits per heavy atom. The van der Waals surface area contributed by atoms with E-state index in [0.717, 1.165) is 5.76 Å². The van der Waals surface area contributed by atoms with Gasteiger partial charge in [-0.15, -0.1) is 0 Å². The second-order valence-corrected chi connectivity index (χ2v) is 4.09. The normalized spacial score (nSPS) is 10.2. The van der Waals surface area contributed by atoms with E-state index in [9.17, 15) is 4.79 Å². The van der Waals surface area contributed by atoms with Gasteiger partial charge in [0.25, 0.3) is 0 Å². The smallest absolute Gasteiger partial charge is 0.224 e. The zero-order valence-corrected chi connectivity index (χ0v) is 10.7. The lowest BCUT2D eigenvalue weighted by atomic mass is 10.2. The predicted molar refractivity (Wildman–Crippen MR) is 73.1 cm³/mol. The Hall–Kier alpha value is -2.43. The van der Waals surface area contributed by atoms with Crippen molar-refractivity contribution in [1.82, 2.24) is 0 Å². The van der Waals surface area contributed by atoms with Crippen molar-refractivity contribution < 1.29 is 13.9 Å². The maximum Gasteiger partial charge on any atom is 0.224 e. The summed E-state index contributed by atoms with van der Waals surface area (Å²) in [5.41, 5.74) is 6.85. The molecule has 0 atom stereocenters. The number of hydrogen-bond acceptors (Lipinski definition) is 4. The van der Waals surface area contributed by atoms with Crippen LogP contribution in [0.1, 0.15) is 12.2 Å². The van der Waals surface area contributed by atoms with E-state index >= 15 is 0 Å². The molecule has 19 heavy (non-hydrogen) atoms. The number of nitrogen functional groups attached to an aromatic ring is 1. The molecule has 5 heteroatoms. The fourth-order valence-electron chi connectivity index (χ4n) is 1.72. The fourth-order valence-corrected chi connectivity index (χ4v) is 1.72. The predicted octanol–water partition coefficient (Wildman–Crippen LogP) is 2.44. The molecule has 0 aliphatic heterocycles. The Labute approximate surface area is 111 Å². The average Bonchev–Trinajstić information content (AvgIpc) is 2.91. The monoisotopic (exact) mass is 260 g/mol. The quantitative estimate of drug-likeness (QED) is 0.809. The largest absolute Gasteiger partial charge is 0.494 e. The van der Waals surface area contributed by atoms with E-state index in [1.165, 1.54) is 7.11 Å². The molecule has 0 aliphatic carbocycles. The molecule has 0 spiro atoms. The molecule has 1 aromatic carbocycles. The SMILES string of the molecule is COc1cc(N)ccc1NC(=O)CCc1ccco1. The first-order valence-corrected chi connectivity index (χ1v) is 5.95. The summed E-state index contributed by atoms with van der Waals surface area (Å²) >= 11 is 0. The lowest BCUT2D eigenvalue weighted by molar-refractivity contribution is -0.116. The summed E-state index contributed by atoms with van der Waals surface area (Å²) in [6, 6.07) is 8.75. The molecule has 0 unspecified atom stereocenters. The highest BCUT2D eigenvalue weighted by molar-refractivity contribution is 5.92. The molecule has 3 N–H and O–H groups in total. The van der Waals surface area contributed by atoms with Crippen LogP contribution in [0.5, 0.6) is 5.75 Å². The van der Waals surface area contributed by atoms with Crippen molar-refractivity contribution in [3.05, 3.63) is 42.4 Å². The summed E-state index contributed by atoms with van der Waals surface area (Å²) in [6.07, 6.45) is 2.51. The Morgan fingerprint density at radius 1 is 1.42 bits per heavy atom. The van der Waals surface area contributed by atoms with Crippen molar-refractivity contribution in [3.8, 4) is 5.75 Å². The van der Waals surface area contributed by atoms with Crippen molar-refractivity contribution in [1.29, 1.82) is 0 Å². The zero-order chi connectivity index (χ0) is 13.7. The van der Waals surface area contributed by atoms with Gasteiger partial charge in [0.1, 0.15) is 11.5 Å². The molecular formula is C14H16N2O3. The Kier molecular flexibility index (Phi) is 4.07. The zero-order valence-electron chi connectivity index (χ0n) is 10.7. The minimum Gasteiger partial charge on any atom is -0.494 e. The van der Waals surface area contributed by atoms with E-state index in [0.29, 0.717) is 30.0 Å². The first-order chi connectivity index (χ1) is 9.19. The van der Waals surface area contributed by atoms with E-state index in [-0.39, 0.29) is 5.91 Å². The van der Waals surface area contributed by atoms with E-state index in [2.05, 4.69) is 5.32 Å². The topological polar surface area (TPSA) is 77.5 Å². The van der Waals surface area contributed by atoms with E-state index in [4.69, 9.17) is 14.9 Å². The van der Waals surface area contributed by atoms with Gasteiger partial charge in [-0.1, -0.05) is 0 Å². The third kappa shape index (κ3) is 3.51. The number of hydrogen-bond donors (Lipinski definition) is 2. The lowest BCUT2D eigenvalue weighted by Gasteiger charge is -2.10. The maximum atomic E-state index is 11.8. The molecule has 0 fully saturated rings. The molecule has 2 aromatic rings. The van der Waals surface area contributed by atoms with Crippen LogP contribution in [0, 0.1) is 0 Å². The number of benzene rings is 1. The van der Waals surface area contributed by atoms with Crippen LogP contribution in [0.4, 0.5) is 11.4 Å². The maximum absolute atomic E-state index is 11.8. The van der Waals surface area contributed by atoms with Crippen LogP contribution in [0.2, 0.25) is 0 Å². The molecular weight excluding hydrogens is 244 g/mol. The molecule has 5 nitrogen and oxygen atoms in total. The number of rotatable bonds is 5. The summed E-state index contributed by atoms with van der Waals surface area (Å²) in [7, 11) is 1.53. The highest BCUT2D eigenvalue weighted by Crippen LogP contribution is 2.26. The summed E-state index contributed by atoms with van der Waals surface area (Å²) in [5.74, 6) is 1.24. The summed E-state index contributed by atoms with van der Waals surface area (Å²) in [6.45, 7) is 0. The third-order valence-electron chi connectivity index (χ3n) is 2.68. The number of furan rings is 1. The van der Waals surface area contributed by atoms with Gasteiger partial charge < -0.3 is 20.2 Å². The molecule has 0 saturated carbocycles. The van der Waals surface area contributed by atoms with E-state index < -0.39 is 0 Å². The van der Waals surface area contributed by atoms with Gasteiger partial charge >= 0.3 is 0 Å². The summed E-state index contributed by atoms with van der Waals surface area (Å²) < 4.78 is 10.3. The Bertz CT molecular complexity index is 550. The van der Waals surface area contributed by atoms with Crippen LogP contribution >= 0.6 is 0 Å². The minimum atomic E-state index is -0.0977. The van der Waals surface area contributed by atoms with Crippen molar-refractivity contribution in [2.45, 2.75) is 12.8 Å². The number of nitrogens with two attached hydrogens (primary N) is 1. The standard InChI is InChI=1S/C14H16N2O3/c1-18-13-9-10(15)4-6-12(13)16-14(17)7-5-11-3-2-8-19-11/h2-4,6,8-9H,5,7,15H2,1H3,(H,16,17). The Balaban J connectivity index is 1.95. The van der Waals surface area contributed by atoms with Gasteiger partial charge in [0.15, 0.2) is 0 Å². The number of anilines is 2. The molecule has 2 rings (SSSR count). The van der Waals surface area contributed by atoms with Crippen LogP contribution < -0.4 is 15.8 Å². The van der Waals surface area contributed by atoms with Gasteiger partial charge in [-0.25, -0.2) is 0 Å². The van der Waals surface area contributed by atoms with Crippen molar-refractivity contribution in [2.75, 3.05) is 18.2 Å². The lowest BCUT2D eigenvalue weighted by Crippen LogP contribution is -2.13. The van der Waals surface area contributed by atoms with Gasteiger partial charge in [-0.2, -0.15) is 0 Å². The van der Waals surface area contributed by atoms with Crippen molar-refractivity contribution in [3.63, 3.8) is 0 Å². The van der Waals surface area contributed by atoms with Gasteiger partial charge in [-0.05, 0) is 24.3 Å². The molecule has 0 bridgehead atoms. The van der Waals surface area contributed by atoms with Crippen LogP contribution in [0.25, 0.3) is 0 Å². The average molecular weight is 260 g/mol. The number of aryl methyl sites for hydroxylation is 1. The van der Waals surface area contributed by atoms with Crippen molar-refractivity contribution >= 4 is 17.3 Å². The van der Waals surface area contributed by atoms with Crippen molar-refractivity contribution in [2.24, 2.45) is 0 Å². The molecule has 1 aromatic heterocycles. The van der Waals surface area contributed by atoms with Gasteiger partial charge in [-0.3, -0.25) is 4.79 Å². The number of amides is 1. The third-order valence-corrected chi connectivity index (χ3v) is 2.68. The second kappa shape index (κ2) is 5.95. The molecule has 1 amide bonds. The number of methoxy groups -OCH3 is 1. The minimum absolute atomic E-state index is 0.0977. The second-order valence-electron chi connectivity index (χ2n) is 4.09. The molecule has 0 radical (unpaired) electrons. The number of nitrogens with one attached hydrogen (secondary N) is 1. The summed E-state index contributed by atoms with van der Waals surface area (Å²) in [5, 5.41) is 2.79. The summed E-state index contributed by atoms with van der Waals surface area (Å²) in [4.78, 5) is 11.8. The van der Waals surface area contributed by atoms with Crippen LogP contribution in [0.15, 0.2) is 41.0 Å².